The summed E-state index contributed by atoms with van der Waals surface area (Å²) in [6.45, 7) is 13.5. The third kappa shape index (κ3) is 7.77. The lowest BCUT2D eigenvalue weighted by atomic mass is 9.99. The number of fused-ring (bicyclic) bond motifs is 1. The van der Waals surface area contributed by atoms with Gasteiger partial charge < -0.3 is 30.2 Å². The van der Waals surface area contributed by atoms with E-state index in [1.807, 2.05) is 18.2 Å². The number of likely N-dealkylation sites (N-methyl/N-ethyl adjacent to an activating group) is 1. The van der Waals surface area contributed by atoms with Crippen molar-refractivity contribution in [2.24, 2.45) is 0 Å². The standard InChI is InChI=1S/C40H47BrN9OP/c1-6-27-20-35(37(51-3)23-36(27)50-13-11-30(12-14-50)49-17-15-48(2)16-18-49)46-40-43-25-31(41)39(47-40)45-33-10-8-28(22-38(33)52(4)5)34-21-29-19-26(24-42)7-9-32(29)44-34/h7-10,19-23,25,30,44H,6,11-18H2,1-5H3,(H2,43,45,46,47). The van der Waals surface area contributed by atoms with Gasteiger partial charge in [0.2, 0.25) is 5.95 Å². The monoisotopic (exact) mass is 779 g/mol. The number of piperazine rings is 1. The Labute approximate surface area is 316 Å². The summed E-state index contributed by atoms with van der Waals surface area (Å²) in [4.78, 5) is 20.7. The van der Waals surface area contributed by atoms with Crippen LogP contribution < -0.4 is 25.6 Å². The van der Waals surface area contributed by atoms with Gasteiger partial charge in [-0.1, -0.05) is 20.9 Å². The highest BCUT2D eigenvalue weighted by atomic mass is 79.9. The van der Waals surface area contributed by atoms with Crippen LogP contribution >= 0.6 is 23.9 Å². The molecule has 0 unspecified atom stereocenters. The van der Waals surface area contributed by atoms with E-state index in [1.165, 1.54) is 42.5 Å². The molecule has 0 radical (unpaired) electrons. The minimum absolute atomic E-state index is 0.455. The quantitative estimate of drug-likeness (QED) is 0.122. The molecule has 2 saturated heterocycles. The number of aryl methyl sites for hydroxylation is 1. The molecular weight excluding hydrogens is 733 g/mol. The van der Waals surface area contributed by atoms with Crippen LogP contribution in [-0.4, -0.2) is 97.5 Å². The minimum atomic E-state index is -0.455. The predicted octanol–water partition coefficient (Wildman–Crippen LogP) is 7.90. The second-order valence-corrected chi connectivity index (χ2v) is 17.1. The van der Waals surface area contributed by atoms with E-state index in [0.29, 0.717) is 23.4 Å². The zero-order chi connectivity index (χ0) is 36.4. The van der Waals surface area contributed by atoms with Gasteiger partial charge in [-0.2, -0.15) is 10.2 Å². The van der Waals surface area contributed by atoms with Crippen LogP contribution in [0.1, 0.15) is 30.9 Å². The Morgan fingerprint density at radius 1 is 0.981 bits per heavy atom. The van der Waals surface area contributed by atoms with Crippen LogP contribution in [0.3, 0.4) is 0 Å². The van der Waals surface area contributed by atoms with Gasteiger partial charge in [-0.15, -0.1) is 0 Å². The lowest BCUT2D eigenvalue weighted by molar-refractivity contribution is 0.0982. The van der Waals surface area contributed by atoms with Gasteiger partial charge >= 0.3 is 0 Å². The number of halogens is 1. The van der Waals surface area contributed by atoms with Gasteiger partial charge in [0.05, 0.1) is 28.9 Å². The SMILES string of the molecule is CCc1cc(Nc2ncc(Br)c(Nc3ccc(-c4cc5cc(C#N)ccc5[nH]4)cc3P(C)C)n2)c(OC)cc1N1CCC(N2CCN(C)CC2)CC1. The van der Waals surface area contributed by atoms with Gasteiger partial charge in [0.25, 0.3) is 0 Å². The van der Waals surface area contributed by atoms with Gasteiger partial charge in [-0.25, -0.2) is 4.98 Å². The Kier molecular flexibility index (Phi) is 11.0. The fourth-order valence-corrected chi connectivity index (χ4v) is 8.71. The molecular formula is C40H47BrN9OP. The van der Waals surface area contributed by atoms with Crippen LogP contribution in [0.2, 0.25) is 0 Å². The van der Waals surface area contributed by atoms with Crippen molar-refractivity contribution in [2.45, 2.75) is 32.2 Å². The van der Waals surface area contributed by atoms with Crippen LogP contribution in [0.4, 0.5) is 28.8 Å². The fraction of sp³-hybridized carbons (Fsp3) is 0.375. The number of methoxy groups -OCH3 is 1. The molecule has 0 amide bonds. The average molecular weight is 781 g/mol. The summed E-state index contributed by atoms with van der Waals surface area (Å²) < 4.78 is 6.72. The number of aromatic nitrogens is 3. The van der Waals surface area contributed by atoms with E-state index in [0.717, 1.165) is 76.4 Å². The first kappa shape index (κ1) is 36.2. The van der Waals surface area contributed by atoms with E-state index >= 15 is 0 Å². The van der Waals surface area contributed by atoms with Gasteiger partial charge in [0.15, 0.2) is 0 Å². The Bertz CT molecular complexity index is 2100. The topological polar surface area (TPSA) is 108 Å². The number of nitrogens with zero attached hydrogens (tertiary/aromatic N) is 6. The first-order valence-electron chi connectivity index (χ1n) is 18.0. The Hall–Kier alpha value is -4.20. The largest absolute Gasteiger partial charge is 0.494 e. The molecule has 12 heteroatoms. The third-order valence-electron chi connectivity index (χ3n) is 10.4. The molecule has 10 nitrogen and oxygen atoms in total. The van der Waals surface area contributed by atoms with Crippen LogP contribution in [0, 0.1) is 11.3 Å². The maximum atomic E-state index is 9.33. The average Bonchev–Trinajstić information content (AvgIpc) is 3.60. The summed E-state index contributed by atoms with van der Waals surface area (Å²) in [7, 11) is 3.49. The van der Waals surface area contributed by atoms with Crippen LogP contribution in [0.25, 0.3) is 22.2 Å². The molecule has 5 aromatic rings. The number of anilines is 5. The number of benzene rings is 3. The van der Waals surface area contributed by atoms with Crippen molar-refractivity contribution in [1.82, 2.24) is 24.8 Å². The number of ether oxygens (including phenoxy) is 1. The Morgan fingerprint density at radius 3 is 2.48 bits per heavy atom. The molecule has 2 aromatic heterocycles. The number of rotatable bonds is 10. The second-order valence-electron chi connectivity index (χ2n) is 14.0. The molecule has 0 bridgehead atoms. The van der Waals surface area contributed by atoms with E-state index < -0.39 is 7.92 Å². The van der Waals surface area contributed by atoms with Crippen LogP contribution in [0.5, 0.6) is 5.75 Å². The van der Waals surface area contributed by atoms with Gasteiger partial charge in [0, 0.05) is 85.5 Å². The Balaban J connectivity index is 1.09. The molecule has 2 fully saturated rings. The van der Waals surface area contributed by atoms with Crippen molar-refractivity contribution in [3.8, 4) is 23.1 Å². The maximum absolute atomic E-state index is 9.33. The van der Waals surface area contributed by atoms with Crippen molar-refractivity contribution in [3.63, 3.8) is 0 Å². The molecule has 0 aliphatic carbocycles. The van der Waals surface area contributed by atoms with E-state index in [9.17, 15) is 5.26 Å². The molecule has 0 saturated carbocycles. The summed E-state index contributed by atoms with van der Waals surface area (Å²) >= 11 is 3.68. The number of piperidine rings is 1. The molecule has 3 N–H and O–H groups in total. The lowest BCUT2D eigenvalue weighted by Gasteiger charge is -2.43. The molecule has 52 heavy (non-hydrogen) atoms. The highest BCUT2D eigenvalue weighted by molar-refractivity contribution is 9.10. The molecule has 2 aliphatic rings. The number of hydrogen-bond acceptors (Lipinski definition) is 9. The van der Waals surface area contributed by atoms with E-state index in [2.05, 4.69) is 121 Å². The van der Waals surface area contributed by atoms with E-state index in [-0.39, 0.29) is 0 Å². The van der Waals surface area contributed by atoms with Gasteiger partial charge in [0.1, 0.15) is 11.6 Å². The van der Waals surface area contributed by atoms with Gasteiger partial charge in [-0.05, 0) is 114 Å². The van der Waals surface area contributed by atoms with Crippen molar-refractivity contribution in [2.75, 3.05) is 82.3 Å². The number of nitriles is 1. The summed E-state index contributed by atoms with van der Waals surface area (Å²) in [6.07, 6.45) is 5.06. The first-order chi connectivity index (χ1) is 25.2. The van der Waals surface area contributed by atoms with E-state index in [1.54, 1.807) is 13.3 Å². The molecule has 3 aromatic carbocycles. The molecule has 4 heterocycles. The van der Waals surface area contributed by atoms with Crippen molar-refractivity contribution >= 4 is 68.9 Å². The predicted molar refractivity (Wildman–Crippen MR) is 220 cm³/mol. The maximum Gasteiger partial charge on any atom is 0.229 e. The number of aromatic amines is 1. The van der Waals surface area contributed by atoms with Crippen molar-refractivity contribution in [1.29, 1.82) is 5.26 Å². The Morgan fingerprint density at radius 2 is 1.77 bits per heavy atom. The summed E-state index contributed by atoms with van der Waals surface area (Å²) in [6, 6.07) is 21.6. The second kappa shape index (κ2) is 15.8. The first-order valence-corrected chi connectivity index (χ1v) is 21.1. The van der Waals surface area contributed by atoms with E-state index in [4.69, 9.17) is 9.72 Å². The van der Waals surface area contributed by atoms with Crippen molar-refractivity contribution in [3.05, 3.63) is 76.4 Å². The summed E-state index contributed by atoms with van der Waals surface area (Å²) in [5, 5.41) is 18.6. The smallest absolute Gasteiger partial charge is 0.229 e. The highest BCUT2D eigenvalue weighted by Crippen LogP contribution is 2.38. The normalized spacial score (nSPS) is 16.0. The minimum Gasteiger partial charge on any atom is -0.494 e. The summed E-state index contributed by atoms with van der Waals surface area (Å²) in [5.41, 5.74) is 8.16. The fourth-order valence-electron chi connectivity index (χ4n) is 7.41. The number of H-pyrrole nitrogens is 1. The molecule has 0 spiro atoms. The van der Waals surface area contributed by atoms with Crippen molar-refractivity contribution < 1.29 is 4.74 Å². The van der Waals surface area contributed by atoms with Crippen LogP contribution in [-0.2, 0) is 6.42 Å². The zero-order valence-electron chi connectivity index (χ0n) is 30.6. The summed E-state index contributed by atoms with van der Waals surface area (Å²) in [5.74, 6) is 1.93. The highest BCUT2D eigenvalue weighted by Gasteiger charge is 2.28. The molecule has 7 rings (SSSR count). The molecule has 0 atom stereocenters. The van der Waals surface area contributed by atoms with Gasteiger partial charge in [-0.3, -0.25) is 4.90 Å². The molecule has 2 aliphatic heterocycles. The number of nitrogens with one attached hydrogen (secondary N) is 3. The lowest BCUT2D eigenvalue weighted by Crippen LogP contribution is -2.52. The zero-order valence-corrected chi connectivity index (χ0v) is 33.1. The molecule has 270 valence electrons. The number of hydrogen-bond donors (Lipinski definition) is 3. The third-order valence-corrected chi connectivity index (χ3v) is 12.3. The van der Waals surface area contributed by atoms with Crippen LogP contribution in [0.15, 0.2) is 65.3 Å².